The van der Waals surface area contributed by atoms with Crippen LogP contribution in [0.5, 0.6) is 0 Å². The molecule has 1 N–H and O–H groups in total. The van der Waals surface area contributed by atoms with Crippen LogP contribution >= 0.6 is 11.6 Å². The summed E-state index contributed by atoms with van der Waals surface area (Å²) in [5.41, 5.74) is 8.22. The predicted molar refractivity (Wildman–Crippen MR) is 77.5 cm³/mol. The average molecular weight is 315 g/mol. The highest BCUT2D eigenvalue weighted by molar-refractivity contribution is 6.30. The maximum atomic E-state index is 13.4. The van der Waals surface area contributed by atoms with E-state index in [1.807, 2.05) is 0 Å². The lowest BCUT2D eigenvalue weighted by Crippen LogP contribution is -2.41. The first-order valence-corrected chi connectivity index (χ1v) is 6.55. The minimum Gasteiger partial charge on any atom is -0.441 e. The molecule has 1 amide bonds. The second-order valence-corrected chi connectivity index (χ2v) is 5.82. The molecule has 0 fully saturated rings. The highest BCUT2D eigenvalue weighted by Gasteiger charge is 2.21. The monoisotopic (exact) mass is 314 g/mol. The zero-order valence-corrected chi connectivity index (χ0v) is 12.7. The Labute approximate surface area is 126 Å². The molecule has 1 aromatic rings. The van der Waals surface area contributed by atoms with Gasteiger partial charge in [-0.1, -0.05) is 16.7 Å². The maximum absolute atomic E-state index is 13.4. The van der Waals surface area contributed by atoms with Crippen LogP contribution < -0.4 is 5.32 Å². The first-order chi connectivity index (χ1) is 9.71. The van der Waals surface area contributed by atoms with Gasteiger partial charge in [0.1, 0.15) is 11.9 Å². The number of alkyl carbamates (subject to hydrolysis) is 1. The molecule has 0 aromatic heterocycles. The third kappa shape index (κ3) is 6.33. The highest BCUT2D eigenvalue weighted by atomic mass is 35.5. The predicted octanol–water partition coefficient (Wildman–Crippen LogP) is 4.36. The second-order valence-electron chi connectivity index (χ2n) is 5.39. The van der Waals surface area contributed by atoms with Crippen LogP contribution in [0.3, 0.4) is 0 Å². The first kappa shape index (κ1) is 17.1. The first-order valence-electron chi connectivity index (χ1n) is 6.17. The van der Waals surface area contributed by atoms with Gasteiger partial charge in [-0.2, -0.15) is 0 Å². The molecule has 0 aliphatic heterocycles. The quantitative estimate of drug-likeness (QED) is 0.508. The van der Waals surface area contributed by atoms with Crippen molar-refractivity contribution in [3.05, 3.63) is 45.0 Å². The Morgan fingerprint density at radius 2 is 2.19 bits per heavy atom. The van der Waals surface area contributed by atoms with Crippen molar-refractivity contribution in [2.24, 2.45) is 5.11 Å². The van der Waals surface area contributed by atoms with Gasteiger partial charge in [0.2, 0.25) is 0 Å². The Bertz CT molecular complexity index is 548. The molecule has 0 aliphatic rings. The van der Waals surface area contributed by atoms with E-state index in [1.54, 1.807) is 20.8 Å². The number of nitrogens with zero attached hydrogens (tertiary/aromatic N) is 3. The number of benzene rings is 1. The van der Waals surface area contributed by atoms with Gasteiger partial charge in [0.25, 0.3) is 0 Å². The Kier molecular flexibility index (Phi) is 5.81. The summed E-state index contributed by atoms with van der Waals surface area (Å²) in [6.45, 7) is 5.20. The fraction of sp³-hybridized carbons (Fsp3) is 0.462. The molecule has 1 rings (SSSR count). The van der Waals surface area contributed by atoms with Crippen LogP contribution in [0, 0.1) is 5.82 Å². The van der Waals surface area contributed by atoms with Crippen molar-refractivity contribution in [3.63, 3.8) is 0 Å². The third-order valence-electron chi connectivity index (χ3n) is 2.29. The fourth-order valence-corrected chi connectivity index (χ4v) is 1.78. The van der Waals surface area contributed by atoms with Gasteiger partial charge in [0.05, 0.1) is 6.54 Å². The highest BCUT2D eigenvalue weighted by Crippen LogP contribution is 2.23. The molecule has 0 heterocycles. The molecule has 1 aromatic carbocycles. The average Bonchev–Trinajstić information content (AvgIpc) is 2.30. The Morgan fingerprint density at radius 3 is 2.71 bits per heavy atom. The number of carbonyl (C=O) groups excluding carboxylic acids is 1. The van der Waals surface area contributed by atoms with Crippen molar-refractivity contribution in [2.45, 2.75) is 32.4 Å². The summed E-state index contributed by atoms with van der Waals surface area (Å²) in [7, 11) is 0. The lowest BCUT2D eigenvalue weighted by molar-refractivity contribution is 0.0948. The summed E-state index contributed by atoms with van der Waals surface area (Å²) in [6.07, 6.45) is -1.61. The molecule has 1 atom stereocenters. The molecule has 114 valence electrons. The van der Waals surface area contributed by atoms with Gasteiger partial charge in [-0.05, 0) is 50.1 Å². The Morgan fingerprint density at radius 1 is 1.52 bits per heavy atom. The number of azide groups is 1. The van der Waals surface area contributed by atoms with Crippen LogP contribution in [0.4, 0.5) is 9.18 Å². The summed E-state index contributed by atoms with van der Waals surface area (Å²) >= 11 is 5.77. The van der Waals surface area contributed by atoms with Gasteiger partial charge < -0.3 is 10.1 Å². The molecule has 0 spiro atoms. The maximum Gasteiger partial charge on any atom is 0.408 e. The van der Waals surface area contributed by atoms with Crippen molar-refractivity contribution in [3.8, 4) is 0 Å². The van der Waals surface area contributed by atoms with Crippen molar-refractivity contribution in [2.75, 3.05) is 6.54 Å². The molecule has 0 aliphatic carbocycles. The normalized spacial score (nSPS) is 12.2. The van der Waals surface area contributed by atoms with Gasteiger partial charge in [-0.3, -0.25) is 0 Å². The second kappa shape index (κ2) is 7.15. The van der Waals surface area contributed by atoms with Crippen LogP contribution in [0.25, 0.3) is 10.4 Å². The van der Waals surface area contributed by atoms with E-state index in [1.165, 1.54) is 12.1 Å². The number of ether oxygens (including phenoxy) is 1. The van der Waals surface area contributed by atoms with E-state index in [-0.39, 0.29) is 11.6 Å². The molecule has 21 heavy (non-hydrogen) atoms. The largest absolute Gasteiger partial charge is 0.441 e. The summed E-state index contributed by atoms with van der Waals surface area (Å²) in [5, 5.41) is 6.13. The number of halogens is 2. The van der Waals surface area contributed by atoms with E-state index in [4.69, 9.17) is 21.9 Å². The van der Waals surface area contributed by atoms with Crippen molar-refractivity contribution in [1.29, 1.82) is 0 Å². The Hall–Kier alpha value is -1.98. The smallest absolute Gasteiger partial charge is 0.408 e. The van der Waals surface area contributed by atoms with Gasteiger partial charge in [0, 0.05) is 15.5 Å². The van der Waals surface area contributed by atoms with Crippen molar-refractivity contribution >= 4 is 17.7 Å². The van der Waals surface area contributed by atoms with E-state index in [9.17, 15) is 9.18 Å². The SMILES string of the molecule is CC(C)(C)NC(=O)O[C@H](CN=[N+]=[N-])c1cc(F)cc(Cl)c1. The standard InChI is InChI=1S/C13H16ClFN4O2/c1-13(2,3)18-12(20)21-11(7-17-19-16)8-4-9(14)6-10(15)5-8/h4-6,11H,7H2,1-3H3,(H,18,20)/t11-/m1/s1. The molecule has 0 saturated carbocycles. The summed E-state index contributed by atoms with van der Waals surface area (Å²) < 4.78 is 18.6. The van der Waals surface area contributed by atoms with Crippen LogP contribution in [-0.4, -0.2) is 18.2 Å². The fourth-order valence-electron chi connectivity index (χ4n) is 1.55. The zero-order chi connectivity index (χ0) is 16.0. The van der Waals surface area contributed by atoms with Crippen molar-refractivity contribution in [1.82, 2.24) is 5.32 Å². The van der Waals surface area contributed by atoms with E-state index in [2.05, 4.69) is 15.3 Å². The molecular weight excluding hydrogens is 299 g/mol. The number of carbonyl (C=O) groups is 1. The summed E-state index contributed by atoms with van der Waals surface area (Å²) in [6, 6.07) is 3.76. The van der Waals surface area contributed by atoms with Crippen LogP contribution in [0.2, 0.25) is 5.02 Å². The minimum atomic E-state index is -0.920. The number of amides is 1. The topological polar surface area (TPSA) is 87.1 Å². The van der Waals surface area contributed by atoms with Crippen molar-refractivity contribution < 1.29 is 13.9 Å². The molecule has 0 saturated heterocycles. The minimum absolute atomic E-state index is 0.159. The van der Waals surface area contributed by atoms with Crippen LogP contribution in [-0.2, 0) is 4.74 Å². The van der Waals surface area contributed by atoms with Crippen LogP contribution in [0.15, 0.2) is 23.3 Å². The van der Waals surface area contributed by atoms with Gasteiger partial charge in [0.15, 0.2) is 0 Å². The third-order valence-corrected chi connectivity index (χ3v) is 2.51. The molecule has 8 heteroatoms. The number of hydrogen-bond acceptors (Lipinski definition) is 3. The van der Waals surface area contributed by atoms with Gasteiger partial charge in [-0.15, -0.1) is 0 Å². The molecule has 0 bridgehead atoms. The molecule has 6 nitrogen and oxygen atoms in total. The molecule has 0 unspecified atom stereocenters. The van der Waals surface area contributed by atoms with E-state index in [0.717, 1.165) is 6.07 Å². The van der Waals surface area contributed by atoms with Gasteiger partial charge in [-0.25, -0.2) is 9.18 Å². The van der Waals surface area contributed by atoms with E-state index >= 15 is 0 Å². The number of rotatable bonds is 4. The van der Waals surface area contributed by atoms with Crippen LogP contribution in [0.1, 0.15) is 32.4 Å². The zero-order valence-electron chi connectivity index (χ0n) is 11.9. The number of nitrogens with one attached hydrogen (secondary N) is 1. The summed E-state index contributed by atoms with van der Waals surface area (Å²) in [5.74, 6) is -0.566. The molecule has 0 radical (unpaired) electrons. The van der Waals surface area contributed by atoms with E-state index < -0.39 is 23.6 Å². The van der Waals surface area contributed by atoms with E-state index in [0.29, 0.717) is 5.56 Å². The Balaban J connectivity index is 2.94. The lowest BCUT2D eigenvalue weighted by Gasteiger charge is -2.23. The molecular formula is C13H16ClFN4O2. The summed E-state index contributed by atoms with van der Waals surface area (Å²) in [4.78, 5) is 14.4. The number of hydrogen-bond donors (Lipinski definition) is 1. The van der Waals surface area contributed by atoms with Gasteiger partial charge >= 0.3 is 6.09 Å². The lowest BCUT2D eigenvalue weighted by atomic mass is 10.1.